The van der Waals surface area contributed by atoms with Gasteiger partial charge in [0.1, 0.15) is 0 Å². The van der Waals surface area contributed by atoms with E-state index in [-0.39, 0.29) is 0 Å². The van der Waals surface area contributed by atoms with E-state index in [1.807, 2.05) is 0 Å². The number of hydrogen-bond acceptors (Lipinski definition) is 2. The van der Waals surface area contributed by atoms with Crippen LogP contribution in [0, 0.1) is 11.8 Å². The molecule has 1 rings (SSSR count). The number of nitrogens with zero attached hydrogens (tertiary/aromatic N) is 1. The van der Waals surface area contributed by atoms with Crippen LogP contribution in [0.15, 0.2) is 0 Å². The lowest BCUT2D eigenvalue weighted by atomic mass is 9.98. The Morgan fingerprint density at radius 2 is 1.78 bits per heavy atom. The molecule has 1 fully saturated rings. The average Bonchev–Trinajstić information content (AvgIpc) is 3.15. The first-order valence-electron chi connectivity index (χ1n) is 8.05. The summed E-state index contributed by atoms with van der Waals surface area (Å²) in [6, 6.07) is 1.57. The standard InChI is InChI=1S/C16H34N2/c1-6-10-17-16(14(5)7-2)12-18(11-13(3)4)15-8-9-15/h13-17H,6-12H2,1-5H3. The SMILES string of the molecule is CCCNC(CN(CC(C)C)C1CC1)C(C)CC. The fraction of sp³-hybridized carbons (Fsp3) is 1.00. The molecule has 0 aromatic rings. The van der Waals surface area contributed by atoms with E-state index in [9.17, 15) is 0 Å². The third-order valence-corrected chi connectivity index (χ3v) is 4.08. The molecule has 0 bridgehead atoms. The van der Waals surface area contributed by atoms with Crippen LogP contribution in [0.5, 0.6) is 0 Å². The molecule has 1 aliphatic carbocycles. The molecule has 1 aliphatic rings. The quantitative estimate of drug-likeness (QED) is 0.642. The van der Waals surface area contributed by atoms with Crippen LogP contribution in [0.4, 0.5) is 0 Å². The van der Waals surface area contributed by atoms with Crippen LogP contribution < -0.4 is 5.32 Å². The third-order valence-electron chi connectivity index (χ3n) is 4.08. The Bertz CT molecular complexity index is 211. The van der Waals surface area contributed by atoms with Crippen LogP contribution in [0.1, 0.15) is 60.3 Å². The van der Waals surface area contributed by atoms with E-state index in [1.54, 1.807) is 0 Å². The largest absolute Gasteiger partial charge is 0.312 e. The second-order valence-corrected chi connectivity index (χ2v) is 6.53. The summed E-state index contributed by atoms with van der Waals surface area (Å²) in [5, 5.41) is 3.76. The van der Waals surface area contributed by atoms with Gasteiger partial charge in [-0.25, -0.2) is 0 Å². The smallest absolute Gasteiger partial charge is 0.0220 e. The fourth-order valence-electron chi connectivity index (χ4n) is 2.59. The van der Waals surface area contributed by atoms with Crippen LogP contribution in [0.25, 0.3) is 0 Å². The minimum atomic E-state index is 0.675. The van der Waals surface area contributed by atoms with Gasteiger partial charge >= 0.3 is 0 Å². The first-order valence-corrected chi connectivity index (χ1v) is 8.05. The van der Waals surface area contributed by atoms with Crippen molar-refractivity contribution in [1.29, 1.82) is 0 Å². The maximum absolute atomic E-state index is 3.76. The minimum absolute atomic E-state index is 0.675. The van der Waals surface area contributed by atoms with Gasteiger partial charge in [0.05, 0.1) is 0 Å². The lowest BCUT2D eigenvalue weighted by Gasteiger charge is -2.32. The predicted molar refractivity (Wildman–Crippen MR) is 81.0 cm³/mol. The molecule has 0 aliphatic heterocycles. The van der Waals surface area contributed by atoms with E-state index >= 15 is 0 Å². The zero-order valence-corrected chi connectivity index (χ0v) is 13.2. The highest BCUT2D eigenvalue weighted by molar-refractivity contribution is 4.88. The van der Waals surface area contributed by atoms with E-state index in [0.717, 1.165) is 24.4 Å². The van der Waals surface area contributed by atoms with Crippen molar-refractivity contribution in [2.45, 2.75) is 72.4 Å². The summed E-state index contributed by atoms with van der Waals surface area (Å²) in [4.78, 5) is 2.74. The first-order chi connectivity index (χ1) is 8.58. The van der Waals surface area contributed by atoms with E-state index in [2.05, 4.69) is 44.8 Å². The molecule has 2 unspecified atom stereocenters. The molecule has 1 N–H and O–H groups in total. The molecule has 0 radical (unpaired) electrons. The minimum Gasteiger partial charge on any atom is -0.312 e. The van der Waals surface area contributed by atoms with Crippen molar-refractivity contribution in [3.05, 3.63) is 0 Å². The van der Waals surface area contributed by atoms with Gasteiger partial charge in [0.15, 0.2) is 0 Å². The summed E-state index contributed by atoms with van der Waals surface area (Å²) in [5.41, 5.74) is 0. The summed E-state index contributed by atoms with van der Waals surface area (Å²) < 4.78 is 0. The second kappa shape index (κ2) is 8.16. The molecule has 0 spiro atoms. The van der Waals surface area contributed by atoms with Gasteiger partial charge in [0.25, 0.3) is 0 Å². The fourth-order valence-corrected chi connectivity index (χ4v) is 2.59. The highest BCUT2D eigenvalue weighted by atomic mass is 15.2. The Hall–Kier alpha value is -0.0800. The van der Waals surface area contributed by atoms with Crippen molar-refractivity contribution in [1.82, 2.24) is 10.2 Å². The van der Waals surface area contributed by atoms with Crippen LogP contribution >= 0.6 is 0 Å². The van der Waals surface area contributed by atoms with Crippen molar-refractivity contribution in [2.75, 3.05) is 19.6 Å². The third kappa shape index (κ3) is 5.71. The van der Waals surface area contributed by atoms with E-state index < -0.39 is 0 Å². The van der Waals surface area contributed by atoms with E-state index in [0.29, 0.717) is 6.04 Å². The Morgan fingerprint density at radius 3 is 2.22 bits per heavy atom. The maximum Gasteiger partial charge on any atom is 0.0220 e. The van der Waals surface area contributed by atoms with Gasteiger partial charge in [-0.1, -0.05) is 41.0 Å². The van der Waals surface area contributed by atoms with Gasteiger partial charge in [0.2, 0.25) is 0 Å². The molecule has 0 heterocycles. The molecule has 0 aromatic heterocycles. The van der Waals surface area contributed by atoms with Gasteiger partial charge in [-0.15, -0.1) is 0 Å². The number of rotatable bonds is 10. The Morgan fingerprint density at radius 1 is 1.11 bits per heavy atom. The zero-order valence-electron chi connectivity index (χ0n) is 13.2. The summed E-state index contributed by atoms with van der Waals surface area (Å²) in [5.74, 6) is 1.57. The molecule has 2 heteroatoms. The molecule has 2 atom stereocenters. The van der Waals surface area contributed by atoms with Gasteiger partial charge in [0, 0.05) is 25.2 Å². The summed E-state index contributed by atoms with van der Waals surface area (Å²) in [7, 11) is 0. The Labute approximate surface area is 115 Å². The maximum atomic E-state index is 3.76. The van der Waals surface area contributed by atoms with Crippen LogP contribution in [-0.2, 0) is 0 Å². The summed E-state index contributed by atoms with van der Waals surface area (Å²) in [6.45, 7) is 15.3. The van der Waals surface area contributed by atoms with Gasteiger partial charge in [-0.2, -0.15) is 0 Å². The molecular weight excluding hydrogens is 220 g/mol. The predicted octanol–water partition coefficient (Wildman–Crippen LogP) is 3.52. The monoisotopic (exact) mass is 254 g/mol. The van der Waals surface area contributed by atoms with Crippen molar-refractivity contribution < 1.29 is 0 Å². The summed E-state index contributed by atoms with van der Waals surface area (Å²) >= 11 is 0. The first kappa shape index (κ1) is 16.0. The van der Waals surface area contributed by atoms with E-state index in [4.69, 9.17) is 0 Å². The summed E-state index contributed by atoms with van der Waals surface area (Å²) in [6.07, 6.45) is 5.36. The van der Waals surface area contributed by atoms with E-state index in [1.165, 1.54) is 38.8 Å². The van der Waals surface area contributed by atoms with Crippen molar-refractivity contribution in [3.8, 4) is 0 Å². The van der Waals surface area contributed by atoms with Gasteiger partial charge in [-0.3, -0.25) is 4.90 Å². The lowest BCUT2D eigenvalue weighted by Crippen LogP contribution is -2.46. The normalized spacial score (nSPS) is 19.5. The molecule has 108 valence electrons. The van der Waals surface area contributed by atoms with Crippen molar-refractivity contribution in [2.24, 2.45) is 11.8 Å². The van der Waals surface area contributed by atoms with Crippen LogP contribution in [0.2, 0.25) is 0 Å². The molecule has 0 amide bonds. The molecular formula is C16H34N2. The number of nitrogens with one attached hydrogen (secondary N) is 1. The number of hydrogen-bond donors (Lipinski definition) is 1. The second-order valence-electron chi connectivity index (χ2n) is 6.53. The topological polar surface area (TPSA) is 15.3 Å². The van der Waals surface area contributed by atoms with Gasteiger partial charge < -0.3 is 5.32 Å². The van der Waals surface area contributed by atoms with Crippen LogP contribution in [-0.4, -0.2) is 36.6 Å². The molecule has 2 nitrogen and oxygen atoms in total. The highest BCUT2D eigenvalue weighted by Crippen LogP contribution is 2.28. The molecule has 18 heavy (non-hydrogen) atoms. The lowest BCUT2D eigenvalue weighted by molar-refractivity contribution is 0.185. The zero-order chi connectivity index (χ0) is 13.5. The van der Waals surface area contributed by atoms with Crippen LogP contribution in [0.3, 0.4) is 0 Å². The van der Waals surface area contributed by atoms with Crippen molar-refractivity contribution >= 4 is 0 Å². The molecule has 0 aromatic carbocycles. The van der Waals surface area contributed by atoms with Crippen molar-refractivity contribution in [3.63, 3.8) is 0 Å². The Kier molecular flexibility index (Phi) is 7.25. The Balaban J connectivity index is 2.49. The molecule has 0 saturated heterocycles. The highest BCUT2D eigenvalue weighted by Gasteiger charge is 2.31. The molecule has 1 saturated carbocycles. The average molecular weight is 254 g/mol. The van der Waals surface area contributed by atoms with Gasteiger partial charge in [-0.05, 0) is 37.6 Å².